The van der Waals surface area contributed by atoms with E-state index < -0.39 is 0 Å². The van der Waals surface area contributed by atoms with E-state index in [9.17, 15) is 9.90 Å². The molecule has 0 amide bonds. The van der Waals surface area contributed by atoms with Crippen molar-refractivity contribution in [2.24, 2.45) is 52.3 Å². The summed E-state index contributed by atoms with van der Waals surface area (Å²) in [5.74, 6) is 4.61. The second-order valence-electron chi connectivity index (χ2n) is 13.3. The zero-order valence-electron chi connectivity index (χ0n) is 21.7. The van der Waals surface area contributed by atoms with Gasteiger partial charge in [0.05, 0.1) is 6.10 Å². The van der Waals surface area contributed by atoms with Gasteiger partial charge in [-0.05, 0) is 104 Å². The van der Waals surface area contributed by atoms with Gasteiger partial charge in [-0.2, -0.15) is 0 Å². The van der Waals surface area contributed by atoms with E-state index >= 15 is 0 Å². The third kappa shape index (κ3) is 4.29. The first-order valence-corrected chi connectivity index (χ1v) is 13.9. The maximum absolute atomic E-state index is 11.5. The van der Waals surface area contributed by atoms with Crippen LogP contribution in [0.15, 0.2) is 0 Å². The van der Waals surface area contributed by atoms with Gasteiger partial charge in [-0.25, -0.2) is 0 Å². The second kappa shape index (κ2) is 9.23. The van der Waals surface area contributed by atoms with Crippen LogP contribution in [0.25, 0.3) is 0 Å². The minimum Gasteiger partial charge on any atom is -0.463 e. The van der Waals surface area contributed by atoms with Crippen molar-refractivity contribution in [3.63, 3.8) is 0 Å². The smallest absolute Gasteiger partial charge is 0.302 e. The highest BCUT2D eigenvalue weighted by Crippen LogP contribution is 2.68. The number of ether oxygens (including phenoxy) is 1. The molecule has 0 aromatic carbocycles. The van der Waals surface area contributed by atoms with Gasteiger partial charge >= 0.3 is 5.97 Å². The highest BCUT2D eigenvalue weighted by Gasteiger charge is 2.63. The molecule has 0 radical (unpaired) electrons. The van der Waals surface area contributed by atoms with Gasteiger partial charge in [0.15, 0.2) is 0 Å². The average Bonchev–Trinajstić information content (AvgIpc) is 3.05. The molecule has 32 heavy (non-hydrogen) atoms. The predicted octanol–water partition coefficient (Wildman–Crippen LogP) is 7.01. The van der Waals surface area contributed by atoms with Gasteiger partial charge in [0, 0.05) is 6.92 Å². The van der Waals surface area contributed by atoms with Crippen LogP contribution in [0, 0.1) is 52.3 Å². The van der Waals surface area contributed by atoms with E-state index in [4.69, 9.17) is 4.74 Å². The maximum atomic E-state index is 11.5. The SMILES string of the molecule is CC(=O)O[C@@H]1CC[C@@]2(C)[C@H](C1)C[C@@H](O)[C@H]1[C@H]2CC[C@]2(C)[C@@H]1CC[C@H]2[C@H](C)CCCC(C)C. The van der Waals surface area contributed by atoms with Gasteiger partial charge in [-0.3, -0.25) is 4.79 Å². The van der Waals surface area contributed by atoms with Crippen LogP contribution < -0.4 is 0 Å². The lowest BCUT2D eigenvalue weighted by atomic mass is 9.43. The lowest BCUT2D eigenvalue weighted by molar-refractivity contribution is -0.182. The number of aliphatic hydroxyl groups excluding tert-OH is 1. The monoisotopic (exact) mass is 446 g/mol. The summed E-state index contributed by atoms with van der Waals surface area (Å²) in [5.41, 5.74) is 0.723. The Labute approximate surface area is 197 Å². The van der Waals surface area contributed by atoms with Gasteiger partial charge in [0.25, 0.3) is 0 Å². The predicted molar refractivity (Wildman–Crippen MR) is 130 cm³/mol. The van der Waals surface area contributed by atoms with E-state index in [2.05, 4.69) is 34.6 Å². The molecule has 4 aliphatic carbocycles. The molecule has 4 saturated carbocycles. The third-order valence-electron chi connectivity index (χ3n) is 11.2. The fraction of sp³-hybridized carbons (Fsp3) is 0.966. The molecular formula is C29H50O3. The third-order valence-corrected chi connectivity index (χ3v) is 11.2. The van der Waals surface area contributed by atoms with Crippen LogP contribution in [0.3, 0.4) is 0 Å². The molecule has 3 heteroatoms. The van der Waals surface area contributed by atoms with E-state index in [1.54, 1.807) is 0 Å². The Bertz CT molecular complexity index is 673. The largest absolute Gasteiger partial charge is 0.463 e. The summed E-state index contributed by atoms with van der Waals surface area (Å²) >= 11 is 0. The van der Waals surface area contributed by atoms with Crippen LogP contribution in [-0.2, 0) is 9.53 Å². The fourth-order valence-corrected chi connectivity index (χ4v) is 9.55. The number of hydrogen-bond acceptors (Lipinski definition) is 3. The number of aliphatic hydroxyl groups is 1. The molecule has 3 nitrogen and oxygen atoms in total. The number of fused-ring (bicyclic) bond motifs is 5. The van der Waals surface area contributed by atoms with Crippen LogP contribution in [0.1, 0.15) is 112 Å². The Hall–Kier alpha value is -0.570. The van der Waals surface area contributed by atoms with Crippen molar-refractivity contribution in [3.8, 4) is 0 Å². The van der Waals surface area contributed by atoms with Crippen molar-refractivity contribution >= 4 is 5.97 Å². The van der Waals surface area contributed by atoms with E-state index in [0.717, 1.165) is 43.4 Å². The van der Waals surface area contributed by atoms with Crippen molar-refractivity contribution in [1.29, 1.82) is 0 Å². The molecular weight excluding hydrogens is 396 g/mol. The van der Waals surface area contributed by atoms with Crippen molar-refractivity contribution in [2.45, 2.75) is 124 Å². The van der Waals surface area contributed by atoms with E-state index in [0.29, 0.717) is 34.5 Å². The number of carbonyl (C=O) groups excluding carboxylic acids is 1. The number of esters is 1. The Balaban J connectivity index is 1.48. The van der Waals surface area contributed by atoms with Gasteiger partial charge in [0.2, 0.25) is 0 Å². The molecule has 0 unspecified atom stereocenters. The fourth-order valence-electron chi connectivity index (χ4n) is 9.55. The minimum atomic E-state index is -0.172. The molecule has 0 spiro atoms. The van der Waals surface area contributed by atoms with E-state index in [1.165, 1.54) is 51.9 Å². The summed E-state index contributed by atoms with van der Waals surface area (Å²) in [6.07, 6.45) is 13.3. The van der Waals surface area contributed by atoms with Crippen LogP contribution in [0.5, 0.6) is 0 Å². The van der Waals surface area contributed by atoms with Gasteiger partial charge in [0.1, 0.15) is 6.10 Å². The topological polar surface area (TPSA) is 46.5 Å². The zero-order chi connectivity index (χ0) is 23.3. The van der Waals surface area contributed by atoms with Gasteiger partial charge < -0.3 is 9.84 Å². The molecule has 4 aliphatic rings. The second-order valence-corrected chi connectivity index (χ2v) is 13.3. The Morgan fingerprint density at radius 2 is 1.66 bits per heavy atom. The first-order valence-electron chi connectivity index (χ1n) is 13.9. The van der Waals surface area contributed by atoms with Crippen molar-refractivity contribution in [1.82, 2.24) is 0 Å². The van der Waals surface area contributed by atoms with E-state index in [1.807, 2.05) is 0 Å². The molecule has 0 bridgehead atoms. The molecule has 4 fully saturated rings. The summed E-state index contributed by atoms with van der Waals surface area (Å²) in [6.45, 7) is 13.9. The summed E-state index contributed by atoms with van der Waals surface area (Å²) in [4.78, 5) is 11.5. The summed E-state index contributed by atoms with van der Waals surface area (Å²) in [6, 6.07) is 0. The Morgan fingerprint density at radius 1 is 0.969 bits per heavy atom. The van der Waals surface area contributed by atoms with Gasteiger partial charge in [-0.15, -0.1) is 0 Å². The molecule has 0 heterocycles. The molecule has 10 atom stereocenters. The molecule has 1 N–H and O–H groups in total. The quantitative estimate of drug-likeness (QED) is 0.446. The molecule has 0 aromatic rings. The summed E-state index contributed by atoms with van der Waals surface area (Å²) in [7, 11) is 0. The van der Waals surface area contributed by atoms with E-state index in [-0.39, 0.29) is 18.2 Å². The average molecular weight is 447 g/mol. The number of carbonyl (C=O) groups is 1. The highest BCUT2D eigenvalue weighted by molar-refractivity contribution is 5.66. The Kier molecular flexibility index (Phi) is 7.08. The zero-order valence-corrected chi connectivity index (χ0v) is 21.7. The molecule has 184 valence electrons. The van der Waals surface area contributed by atoms with Crippen LogP contribution in [0.2, 0.25) is 0 Å². The van der Waals surface area contributed by atoms with Crippen molar-refractivity contribution < 1.29 is 14.6 Å². The summed E-state index contributed by atoms with van der Waals surface area (Å²) in [5, 5.41) is 11.5. The normalized spacial score (nSPS) is 46.8. The van der Waals surface area contributed by atoms with Crippen LogP contribution >= 0.6 is 0 Å². The van der Waals surface area contributed by atoms with Crippen molar-refractivity contribution in [3.05, 3.63) is 0 Å². The van der Waals surface area contributed by atoms with Crippen LogP contribution in [-0.4, -0.2) is 23.3 Å². The minimum absolute atomic E-state index is 0.0609. The molecule has 0 saturated heterocycles. The highest BCUT2D eigenvalue weighted by atomic mass is 16.5. The maximum Gasteiger partial charge on any atom is 0.302 e. The number of hydrogen-bond donors (Lipinski definition) is 1. The first kappa shape index (κ1) is 24.6. The number of rotatable bonds is 6. The molecule has 0 aliphatic heterocycles. The van der Waals surface area contributed by atoms with Gasteiger partial charge in [-0.1, -0.05) is 53.9 Å². The lowest BCUT2D eigenvalue weighted by Gasteiger charge is -2.62. The molecule has 4 rings (SSSR count). The lowest BCUT2D eigenvalue weighted by Crippen LogP contribution is -2.58. The molecule has 0 aromatic heterocycles. The van der Waals surface area contributed by atoms with Crippen LogP contribution in [0.4, 0.5) is 0 Å². The standard InChI is InChI=1S/C29H50O3/c1-18(2)8-7-9-19(3)23-10-11-24-27-25(13-15-29(23,24)6)28(5)14-12-22(32-20(4)30)16-21(28)17-26(27)31/h18-19,21-27,31H,7-17H2,1-6H3/t19-,21-,22-,23+,24-,25-,26-,27-,28+,29+/m1/s1. The Morgan fingerprint density at radius 3 is 2.34 bits per heavy atom. The van der Waals surface area contributed by atoms with Crippen molar-refractivity contribution in [2.75, 3.05) is 0 Å². The first-order chi connectivity index (χ1) is 15.1. The summed E-state index contributed by atoms with van der Waals surface area (Å²) < 4.78 is 5.61.